The molecule has 0 aromatic rings. The van der Waals surface area contributed by atoms with Crippen LogP contribution in [0.15, 0.2) is 0 Å². The van der Waals surface area contributed by atoms with E-state index >= 15 is 0 Å². The molecule has 0 bridgehead atoms. The molecule has 0 saturated carbocycles. The summed E-state index contributed by atoms with van der Waals surface area (Å²) in [6.07, 6.45) is 2.09. The summed E-state index contributed by atoms with van der Waals surface area (Å²) in [5, 5.41) is 12.5. The number of aliphatic hydroxyl groups excluding tert-OH is 1. The van der Waals surface area contributed by atoms with Gasteiger partial charge < -0.3 is 10.4 Å². The lowest BCUT2D eigenvalue weighted by atomic mass is 10.3. The highest BCUT2D eigenvalue weighted by Crippen LogP contribution is 2.16. The van der Waals surface area contributed by atoms with Gasteiger partial charge in [0.1, 0.15) is 0 Å². The molecule has 2 saturated heterocycles. The van der Waals surface area contributed by atoms with Crippen LogP contribution in [0.2, 0.25) is 0 Å². The molecule has 2 atom stereocenters. The van der Waals surface area contributed by atoms with Gasteiger partial charge in [0.25, 0.3) is 0 Å². The topological polar surface area (TPSA) is 69.6 Å². The lowest BCUT2D eigenvalue weighted by Crippen LogP contribution is -2.38. The molecule has 88 valence electrons. The van der Waals surface area contributed by atoms with Crippen LogP contribution < -0.4 is 5.32 Å². The second-order valence-corrected chi connectivity index (χ2v) is 6.39. The normalized spacial score (nSPS) is 33.7. The summed E-state index contributed by atoms with van der Waals surface area (Å²) in [5.41, 5.74) is 0. The average Bonchev–Trinajstić information content (AvgIpc) is 2.75. The first-order valence-electron chi connectivity index (χ1n) is 5.47. The van der Waals surface area contributed by atoms with Crippen molar-refractivity contribution in [1.82, 2.24) is 9.62 Å². The first kappa shape index (κ1) is 11.3. The number of sulfonamides is 1. The van der Waals surface area contributed by atoms with Gasteiger partial charge in [0.05, 0.1) is 11.9 Å². The lowest BCUT2D eigenvalue weighted by Gasteiger charge is -2.18. The quantitative estimate of drug-likeness (QED) is 0.666. The van der Waals surface area contributed by atoms with Crippen LogP contribution in [-0.2, 0) is 10.0 Å². The Bertz CT molecular complexity index is 311. The Kier molecular flexibility index (Phi) is 3.30. The zero-order valence-corrected chi connectivity index (χ0v) is 9.54. The molecule has 15 heavy (non-hydrogen) atoms. The van der Waals surface area contributed by atoms with Gasteiger partial charge in [-0.3, -0.25) is 0 Å². The maximum Gasteiger partial charge on any atom is 0.215 e. The van der Waals surface area contributed by atoms with E-state index in [9.17, 15) is 13.5 Å². The van der Waals surface area contributed by atoms with E-state index in [1.165, 1.54) is 4.31 Å². The minimum absolute atomic E-state index is 0.104. The number of aliphatic hydroxyl groups is 1. The van der Waals surface area contributed by atoms with E-state index < -0.39 is 16.1 Å². The van der Waals surface area contributed by atoms with E-state index in [1.807, 2.05) is 0 Å². The Morgan fingerprint density at radius 3 is 2.73 bits per heavy atom. The largest absolute Gasteiger partial charge is 0.392 e. The minimum Gasteiger partial charge on any atom is -0.392 e. The fourth-order valence-electron chi connectivity index (χ4n) is 2.22. The molecular formula is C9H18N2O3S. The maximum absolute atomic E-state index is 11.9. The second-order valence-electron chi connectivity index (χ2n) is 4.37. The average molecular weight is 234 g/mol. The van der Waals surface area contributed by atoms with Gasteiger partial charge in [-0.05, 0) is 25.8 Å². The summed E-state index contributed by atoms with van der Waals surface area (Å²) < 4.78 is 25.2. The van der Waals surface area contributed by atoms with Gasteiger partial charge in [-0.1, -0.05) is 0 Å². The third-order valence-corrected chi connectivity index (χ3v) is 5.04. The van der Waals surface area contributed by atoms with Gasteiger partial charge in [0, 0.05) is 19.1 Å². The summed E-state index contributed by atoms with van der Waals surface area (Å²) in [4.78, 5) is 0. The minimum atomic E-state index is -3.17. The van der Waals surface area contributed by atoms with Crippen LogP contribution in [0.4, 0.5) is 0 Å². The van der Waals surface area contributed by atoms with E-state index in [2.05, 4.69) is 5.32 Å². The fourth-order valence-corrected chi connectivity index (χ4v) is 4.01. The van der Waals surface area contributed by atoms with Crippen molar-refractivity contribution in [3.05, 3.63) is 0 Å². The van der Waals surface area contributed by atoms with Crippen LogP contribution in [-0.4, -0.2) is 55.4 Å². The van der Waals surface area contributed by atoms with Gasteiger partial charge in [-0.15, -0.1) is 0 Å². The molecule has 2 aliphatic heterocycles. The molecule has 2 N–H and O–H groups in total. The second kappa shape index (κ2) is 4.37. The predicted octanol–water partition coefficient (Wildman–Crippen LogP) is -0.865. The standard InChI is InChI=1S/C9H18N2O3S/c12-9-3-5-11(6-9)15(13,14)7-8-2-1-4-10-8/h8-10,12H,1-7H2. The first-order valence-corrected chi connectivity index (χ1v) is 7.08. The van der Waals surface area contributed by atoms with Crippen LogP contribution in [0.5, 0.6) is 0 Å². The van der Waals surface area contributed by atoms with Crippen LogP contribution >= 0.6 is 0 Å². The molecule has 2 aliphatic rings. The van der Waals surface area contributed by atoms with Gasteiger partial charge >= 0.3 is 0 Å². The fraction of sp³-hybridized carbons (Fsp3) is 1.00. The van der Waals surface area contributed by atoms with Gasteiger partial charge in [0.2, 0.25) is 10.0 Å². The Morgan fingerprint density at radius 2 is 2.20 bits per heavy atom. The highest BCUT2D eigenvalue weighted by Gasteiger charge is 2.32. The monoisotopic (exact) mass is 234 g/mol. The molecule has 5 nitrogen and oxygen atoms in total. The van der Waals surface area contributed by atoms with E-state index in [4.69, 9.17) is 0 Å². The smallest absolute Gasteiger partial charge is 0.215 e. The van der Waals surface area contributed by atoms with Crippen molar-refractivity contribution in [3.8, 4) is 0 Å². The van der Waals surface area contributed by atoms with Crippen molar-refractivity contribution in [3.63, 3.8) is 0 Å². The number of hydrogen-bond donors (Lipinski definition) is 2. The Labute approximate surface area is 90.5 Å². The number of β-amino-alcohol motifs (C(OH)–C–C–N with tert-alkyl or cyclic N) is 1. The molecule has 0 aromatic heterocycles. The molecule has 6 heteroatoms. The van der Waals surface area contributed by atoms with Crippen molar-refractivity contribution in [2.75, 3.05) is 25.4 Å². The highest BCUT2D eigenvalue weighted by atomic mass is 32.2. The molecule has 2 fully saturated rings. The van der Waals surface area contributed by atoms with Crippen molar-refractivity contribution < 1.29 is 13.5 Å². The van der Waals surface area contributed by atoms with Crippen molar-refractivity contribution in [2.45, 2.75) is 31.4 Å². The number of hydrogen-bond acceptors (Lipinski definition) is 4. The third kappa shape index (κ3) is 2.69. The van der Waals surface area contributed by atoms with Crippen LogP contribution in [0.3, 0.4) is 0 Å². The number of nitrogens with zero attached hydrogens (tertiary/aromatic N) is 1. The number of nitrogens with one attached hydrogen (secondary N) is 1. The van der Waals surface area contributed by atoms with Crippen molar-refractivity contribution in [1.29, 1.82) is 0 Å². The van der Waals surface area contributed by atoms with Crippen molar-refractivity contribution >= 4 is 10.0 Å². The zero-order valence-electron chi connectivity index (χ0n) is 8.72. The summed E-state index contributed by atoms with van der Waals surface area (Å²) in [6, 6.07) is 0.104. The molecule has 0 aromatic carbocycles. The molecule has 0 radical (unpaired) electrons. The molecular weight excluding hydrogens is 216 g/mol. The highest BCUT2D eigenvalue weighted by molar-refractivity contribution is 7.89. The van der Waals surface area contributed by atoms with E-state index in [-0.39, 0.29) is 18.3 Å². The Morgan fingerprint density at radius 1 is 1.40 bits per heavy atom. The Balaban J connectivity index is 1.94. The molecule has 0 amide bonds. The van der Waals surface area contributed by atoms with Gasteiger partial charge in [-0.25, -0.2) is 8.42 Å². The summed E-state index contributed by atoms with van der Waals surface area (Å²) >= 11 is 0. The lowest BCUT2D eigenvalue weighted by molar-refractivity contribution is 0.189. The Hall–Kier alpha value is -0.170. The van der Waals surface area contributed by atoms with Crippen LogP contribution in [0.25, 0.3) is 0 Å². The SMILES string of the molecule is O=S(=O)(CC1CCCN1)N1CCC(O)C1. The van der Waals surface area contributed by atoms with Gasteiger partial charge in [-0.2, -0.15) is 4.31 Å². The number of rotatable bonds is 3. The van der Waals surface area contributed by atoms with E-state index in [0.29, 0.717) is 13.0 Å². The summed E-state index contributed by atoms with van der Waals surface area (Å²) in [6.45, 7) is 1.66. The summed E-state index contributed by atoms with van der Waals surface area (Å²) in [5.74, 6) is 0.180. The maximum atomic E-state index is 11.9. The molecule has 2 unspecified atom stereocenters. The van der Waals surface area contributed by atoms with E-state index in [0.717, 1.165) is 19.4 Å². The van der Waals surface area contributed by atoms with Crippen LogP contribution in [0.1, 0.15) is 19.3 Å². The molecule has 0 aliphatic carbocycles. The third-order valence-electron chi connectivity index (χ3n) is 3.09. The molecule has 2 heterocycles. The first-order chi connectivity index (χ1) is 7.08. The van der Waals surface area contributed by atoms with Gasteiger partial charge in [0.15, 0.2) is 0 Å². The molecule has 2 rings (SSSR count). The van der Waals surface area contributed by atoms with E-state index in [1.54, 1.807) is 0 Å². The zero-order chi connectivity index (χ0) is 10.9. The van der Waals surface area contributed by atoms with Crippen LogP contribution in [0, 0.1) is 0 Å². The molecule has 0 spiro atoms. The summed E-state index contributed by atoms with van der Waals surface area (Å²) in [7, 11) is -3.17. The van der Waals surface area contributed by atoms with Crippen molar-refractivity contribution in [2.24, 2.45) is 0 Å². The predicted molar refractivity (Wildman–Crippen MR) is 57.0 cm³/mol.